The van der Waals surface area contributed by atoms with E-state index >= 15 is 0 Å². The lowest BCUT2D eigenvalue weighted by Crippen LogP contribution is -2.60. The topological polar surface area (TPSA) is 172 Å². The predicted molar refractivity (Wildman–Crippen MR) is 155 cm³/mol. The molecular weight excluding hydrogens is 546 g/mol. The zero-order valence-corrected chi connectivity index (χ0v) is 26.2. The van der Waals surface area contributed by atoms with Crippen molar-refractivity contribution in [3.8, 4) is 0 Å². The third-order valence-electron chi connectivity index (χ3n) is 9.30. The van der Waals surface area contributed by atoms with Crippen LogP contribution in [0.15, 0.2) is 10.9 Å². The summed E-state index contributed by atoms with van der Waals surface area (Å²) in [7, 11) is -3.72. The van der Waals surface area contributed by atoms with Gasteiger partial charge in [0.05, 0.1) is 6.26 Å². The normalized spacial score (nSPS) is 26.0. The summed E-state index contributed by atoms with van der Waals surface area (Å²) in [6.45, 7) is 14.0. The van der Waals surface area contributed by atoms with Gasteiger partial charge < -0.3 is 20.9 Å². The highest BCUT2D eigenvalue weighted by Gasteiger charge is 2.69. The molecule has 1 saturated carbocycles. The molecule has 1 unspecified atom stereocenters. The number of fused-ring (bicyclic) bond motifs is 2. The van der Waals surface area contributed by atoms with Crippen LogP contribution in [0.2, 0.25) is 0 Å². The minimum absolute atomic E-state index is 0.0555. The molecule has 0 spiro atoms. The summed E-state index contributed by atoms with van der Waals surface area (Å²) in [6.07, 6.45) is 3.42. The first-order valence-corrected chi connectivity index (χ1v) is 16.1. The average Bonchev–Trinajstić information content (AvgIpc) is 3.13. The van der Waals surface area contributed by atoms with Crippen LogP contribution in [0.1, 0.15) is 71.7 Å². The number of nitrogens with one attached hydrogen (secondary N) is 3. The zero-order chi connectivity index (χ0) is 30.9. The van der Waals surface area contributed by atoms with E-state index in [1.807, 2.05) is 19.9 Å². The smallest absolute Gasteiger partial charge is 0.251 e. The van der Waals surface area contributed by atoms with E-state index < -0.39 is 51.3 Å². The number of primary amides is 1. The number of H-pyrrole nitrogens is 1. The Morgan fingerprint density at radius 1 is 1.20 bits per heavy atom. The van der Waals surface area contributed by atoms with Crippen molar-refractivity contribution in [3.05, 3.63) is 33.2 Å². The van der Waals surface area contributed by atoms with E-state index in [-0.39, 0.29) is 34.6 Å². The SMILES string of the molecule is CC1(C)CCc2[nH]c(=O)c(CC(NC(=O)[C@@H]3[C@@H]4[C@H](CN3C(=O)[C@@H](NS(C)(=O)=O)C(C)(C)C)C4(C)C)C(N)=O)cc2C1. The van der Waals surface area contributed by atoms with E-state index in [2.05, 4.69) is 28.9 Å². The molecule has 228 valence electrons. The lowest BCUT2D eigenvalue weighted by molar-refractivity contribution is -0.144. The molecule has 11 nitrogen and oxygen atoms in total. The molecule has 1 aromatic heterocycles. The number of hydrogen-bond donors (Lipinski definition) is 4. The van der Waals surface area contributed by atoms with Crippen LogP contribution in [0.3, 0.4) is 0 Å². The molecule has 0 radical (unpaired) electrons. The van der Waals surface area contributed by atoms with Crippen LogP contribution in [-0.2, 0) is 43.7 Å². The van der Waals surface area contributed by atoms with Crippen LogP contribution in [0.25, 0.3) is 0 Å². The lowest BCUT2D eigenvalue weighted by atomic mass is 9.75. The highest BCUT2D eigenvalue weighted by atomic mass is 32.2. The van der Waals surface area contributed by atoms with Crippen molar-refractivity contribution in [1.29, 1.82) is 0 Å². The molecule has 41 heavy (non-hydrogen) atoms. The van der Waals surface area contributed by atoms with Gasteiger partial charge in [0, 0.05) is 24.2 Å². The molecule has 5 N–H and O–H groups in total. The Labute approximate surface area is 242 Å². The van der Waals surface area contributed by atoms with Crippen LogP contribution in [0.5, 0.6) is 0 Å². The number of sulfonamides is 1. The van der Waals surface area contributed by atoms with Gasteiger partial charge in [-0.3, -0.25) is 19.2 Å². The predicted octanol–water partition coefficient (Wildman–Crippen LogP) is 0.849. The molecule has 3 amide bonds. The van der Waals surface area contributed by atoms with Gasteiger partial charge in [0.1, 0.15) is 18.1 Å². The van der Waals surface area contributed by atoms with E-state index in [1.165, 1.54) is 4.90 Å². The van der Waals surface area contributed by atoms with E-state index in [0.717, 1.165) is 36.8 Å². The van der Waals surface area contributed by atoms with Crippen LogP contribution in [0, 0.1) is 28.1 Å². The number of rotatable bonds is 8. The number of hydrogen-bond acceptors (Lipinski definition) is 6. The number of carbonyl (C=O) groups excluding carboxylic acids is 3. The number of aromatic amines is 1. The standard InChI is InChI=1S/C29H45N5O6S/c1-27(2,3)22(33-41(8,39)40)26(38)34-14-17-20(29(17,6)7)21(34)25(37)32-19(23(30)35)12-15-11-16-13-28(4,5)10-9-18(16)31-24(15)36/h11,17,19-22,33H,9-10,12-14H2,1-8H3,(H2,30,35)(H,31,36)(H,32,37)/t17-,19?,20-,21-,22+/m0/s1. The lowest BCUT2D eigenvalue weighted by Gasteiger charge is -2.37. The highest BCUT2D eigenvalue weighted by Crippen LogP contribution is 2.65. The van der Waals surface area contributed by atoms with Gasteiger partial charge in [-0.1, -0.05) is 48.5 Å². The summed E-state index contributed by atoms with van der Waals surface area (Å²) in [5.74, 6) is -1.92. The molecule has 5 atom stereocenters. The van der Waals surface area contributed by atoms with Crippen molar-refractivity contribution in [3.63, 3.8) is 0 Å². The molecular formula is C29H45N5O6S. The highest BCUT2D eigenvalue weighted by molar-refractivity contribution is 7.88. The molecule has 1 saturated heterocycles. The van der Waals surface area contributed by atoms with Gasteiger partial charge in [-0.25, -0.2) is 13.1 Å². The fourth-order valence-electron chi connectivity index (χ4n) is 6.75. The first-order chi connectivity index (χ1) is 18.6. The van der Waals surface area contributed by atoms with Crippen LogP contribution in [0.4, 0.5) is 0 Å². The van der Waals surface area contributed by atoms with Crippen molar-refractivity contribution in [2.24, 2.45) is 33.8 Å². The number of aryl methyl sites for hydroxylation is 1. The van der Waals surface area contributed by atoms with Gasteiger partial charge in [0.25, 0.3) is 5.56 Å². The Morgan fingerprint density at radius 2 is 1.83 bits per heavy atom. The minimum Gasteiger partial charge on any atom is -0.368 e. The zero-order valence-electron chi connectivity index (χ0n) is 25.4. The Bertz CT molecular complexity index is 1420. The number of amides is 3. The van der Waals surface area contributed by atoms with Crippen LogP contribution < -0.4 is 21.3 Å². The molecule has 2 aliphatic carbocycles. The maximum absolute atomic E-state index is 13.8. The monoisotopic (exact) mass is 591 g/mol. The Kier molecular flexibility index (Phi) is 7.78. The first kappa shape index (κ1) is 31.2. The second kappa shape index (κ2) is 10.2. The number of nitrogens with two attached hydrogens (primary N) is 1. The summed E-state index contributed by atoms with van der Waals surface area (Å²) in [5, 5.41) is 2.74. The largest absolute Gasteiger partial charge is 0.368 e. The number of aromatic nitrogens is 1. The average molecular weight is 592 g/mol. The molecule has 1 aromatic rings. The molecule has 2 heterocycles. The van der Waals surface area contributed by atoms with Gasteiger partial charge in [-0.2, -0.15) is 0 Å². The van der Waals surface area contributed by atoms with Gasteiger partial charge in [-0.15, -0.1) is 0 Å². The van der Waals surface area contributed by atoms with E-state index in [4.69, 9.17) is 5.73 Å². The van der Waals surface area contributed by atoms with Crippen molar-refractivity contribution in [1.82, 2.24) is 19.9 Å². The van der Waals surface area contributed by atoms with Gasteiger partial charge in [-0.05, 0) is 59.0 Å². The maximum atomic E-state index is 13.8. The molecule has 0 bridgehead atoms. The van der Waals surface area contributed by atoms with Gasteiger partial charge in [0.2, 0.25) is 27.7 Å². The summed E-state index contributed by atoms with van der Waals surface area (Å²) in [5.41, 5.74) is 6.79. The van der Waals surface area contributed by atoms with Crippen molar-refractivity contribution in [2.75, 3.05) is 12.8 Å². The number of piperidine rings is 1. The molecule has 2 fully saturated rings. The molecule has 3 aliphatic rings. The maximum Gasteiger partial charge on any atom is 0.251 e. The Hall–Kier alpha value is -2.73. The van der Waals surface area contributed by atoms with Crippen molar-refractivity contribution < 1.29 is 22.8 Å². The van der Waals surface area contributed by atoms with Crippen LogP contribution in [-0.4, -0.2) is 66.9 Å². The second-order valence-electron chi connectivity index (χ2n) is 14.7. The first-order valence-electron chi connectivity index (χ1n) is 14.2. The Balaban J connectivity index is 1.59. The summed E-state index contributed by atoms with van der Waals surface area (Å²) < 4.78 is 26.7. The minimum atomic E-state index is -3.72. The molecule has 1 aliphatic heterocycles. The number of carbonyl (C=O) groups is 3. The Morgan fingerprint density at radius 3 is 2.39 bits per heavy atom. The van der Waals surface area contributed by atoms with Crippen LogP contribution >= 0.6 is 0 Å². The fourth-order valence-corrected chi connectivity index (χ4v) is 7.63. The van der Waals surface area contributed by atoms with E-state index in [1.54, 1.807) is 20.8 Å². The van der Waals surface area contributed by atoms with Gasteiger partial charge >= 0.3 is 0 Å². The third kappa shape index (κ3) is 6.38. The number of nitrogens with zero attached hydrogens (tertiary/aromatic N) is 1. The number of likely N-dealkylation sites (tertiary alicyclic amines) is 1. The van der Waals surface area contributed by atoms with Gasteiger partial charge in [0.15, 0.2) is 0 Å². The fraction of sp³-hybridized carbons (Fsp3) is 0.724. The van der Waals surface area contributed by atoms with Crippen molar-refractivity contribution >= 4 is 27.7 Å². The summed E-state index contributed by atoms with van der Waals surface area (Å²) in [6, 6.07) is -1.34. The van der Waals surface area contributed by atoms with Crippen molar-refractivity contribution in [2.45, 2.75) is 92.3 Å². The molecule has 12 heteroatoms. The summed E-state index contributed by atoms with van der Waals surface area (Å²) in [4.78, 5) is 57.4. The molecule has 0 aromatic carbocycles. The molecule has 4 rings (SSSR count). The third-order valence-corrected chi connectivity index (χ3v) is 9.97. The number of pyridine rings is 1. The quantitative estimate of drug-likeness (QED) is 0.349. The van der Waals surface area contributed by atoms with E-state index in [0.29, 0.717) is 12.1 Å². The summed E-state index contributed by atoms with van der Waals surface area (Å²) >= 11 is 0. The second-order valence-corrected chi connectivity index (χ2v) is 16.5. The van der Waals surface area contributed by atoms with E-state index in [9.17, 15) is 27.6 Å².